The van der Waals surface area contributed by atoms with Gasteiger partial charge in [-0.05, 0) is 48.6 Å². The van der Waals surface area contributed by atoms with Gasteiger partial charge in [0.15, 0.2) is 0 Å². The number of hydrogen-bond acceptors (Lipinski definition) is 0. The van der Waals surface area contributed by atoms with Gasteiger partial charge in [0.2, 0.25) is 0 Å². The van der Waals surface area contributed by atoms with Crippen molar-refractivity contribution < 1.29 is 34.1 Å². The SMILES string of the molecule is CC(C)(C)[N-][Si](C)(C)[C]1[C](CCCCC[C]2[CH][C]3C=CC=C[C]3[C]2[Si](C)(C)[N-]C(C)(C)C)[CH][C]2C=CC=C[C]21.[Cl][Ti][Cl].[Cl][Ti][Cl]. The van der Waals surface area contributed by atoms with Crippen molar-refractivity contribution in [1.82, 2.24) is 0 Å². The average molecular weight is 793 g/mol. The van der Waals surface area contributed by atoms with E-state index in [4.69, 9.17) is 47.2 Å². The number of fused-ring (bicyclic) bond motifs is 2. The zero-order valence-corrected chi connectivity index (χ0v) is 36.9. The van der Waals surface area contributed by atoms with Crippen LogP contribution in [0.5, 0.6) is 0 Å². The first-order valence-corrected chi connectivity index (χ1v) is 30.2. The molecule has 10 heteroatoms. The Morgan fingerprint density at radius 3 is 1.18 bits per heavy atom. The van der Waals surface area contributed by atoms with Crippen LogP contribution >= 0.6 is 37.2 Å². The predicted octanol–water partition coefficient (Wildman–Crippen LogP) is 12.8. The number of rotatable bonds is 10. The van der Waals surface area contributed by atoms with Crippen LogP contribution in [0, 0.1) is 59.4 Å². The van der Waals surface area contributed by atoms with Gasteiger partial charge in [-0.2, -0.15) is 0 Å². The van der Waals surface area contributed by atoms with Gasteiger partial charge in [-0.1, -0.05) is 152 Å². The quantitative estimate of drug-likeness (QED) is 0.156. The third-order valence-corrected chi connectivity index (χ3v) is 13.7. The zero-order valence-electron chi connectivity index (χ0n) is 28.7. The molecule has 0 N–H and O–H groups in total. The van der Waals surface area contributed by atoms with E-state index in [2.05, 4.69) is 129 Å². The first kappa shape index (κ1) is 43.1. The molecule has 4 rings (SSSR count). The number of halogens is 4. The van der Waals surface area contributed by atoms with Crippen LogP contribution < -0.4 is 0 Å². The Balaban J connectivity index is 0.00000109. The predicted molar refractivity (Wildman–Crippen MR) is 199 cm³/mol. The molecule has 0 unspecified atom stereocenters. The Hall–Kier alpha value is 1.90. The van der Waals surface area contributed by atoms with E-state index in [0.717, 1.165) is 12.8 Å². The molecular weight excluding hydrogens is 742 g/mol. The zero-order chi connectivity index (χ0) is 34.1. The first-order chi connectivity index (χ1) is 20.9. The third kappa shape index (κ3) is 13.9. The van der Waals surface area contributed by atoms with E-state index in [0.29, 0.717) is 0 Å². The van der Waals surface area contributed by atoms with Gasteiger partial charge >= 0.3 is 71.3 Å². The monoisotopic (exact) mass is 790 g/mol. The normalized spacial score (nSPS) is 20.9. The summed E-state index contributed by atoms with van der Waals surface area (Å²) in [6, 6.07) is 0. The molecule has 10 radical (unpaired) electrons. The number of hydrogen-bond donors (Lipinski definition) is 0. The molecule has 0 bridgehead atoms. The second kappa shape index (κ2) is 19.5. The molecule has 0 atom stereocenters. The van der Waals surface area contributed by atoms with E-state index in [1.165, 1.54) is 54.8 Å². The van der Waals surface area contributed by atoms with E-state index >= 15 is 0 Å². The van der Waals surface area contributed by atoms with Crippen molar-refractivity contribution in [3.63, 3.8) is 0 Å². The topological polar surface area (TPSA) is 28.2 Å². The third-order valence-electron chi connectivity index (χ3n) is 7.61. The van der Waals surface area contributed by atoms with E-state index in [9.17, 15) is 0 Å². The molecule has 246 valence electrons. The molecular formula is C35H50Cl4N2Si2Ti2-2. The first-order valence-electron chi connectivity index (χ1n) is 15.7. The molecule has 0 aliphatic heterocycles. The van der Waals surface area contributed by atoms with Crippen molar-refractivity contribution in [1.29, 1.82) is 0 Å². The minimum atomic E-state index is -1.94. The molecule has 0 heterocycles. The molecule has 45 heavy (non-hydrogen) atoms. The number of allylic oxidation sites excluding steroid dienone is 8. The van der Waals surface area contributed by atoms with Crippen LogP contribution in [-0.4, -0.2) is 27.5 Å². The fourth-order valence-electron chi connectivity index (χ4n) is 7.00. The molecule has 0 aromatic rings. The van der Waals surface area contributed by atoms with Gasteiger partial charge < -0.3 is 9.96 Å². The maximum absolute atomic E-state index is 5.39. The van der Waals surface area contributed by atoms with Crippen molar-refractivity contribution in [2.75, 3.05) is 0 Å². The van der Waals surface area contributed by atoms with Crippen LogP contribution in [0.2, 0.25) is 26.2 Å². The summed E-state index contributed by atoms with van der Waals surface area (Å²) >= 11 is -1.11. The van der Waals surface area contributed by atoms with Gasteiger partial charge in [-0.3, -0.25) is 0 Å². The Bertz CT molecular complexity index is 929. The molecule has 0 amide bonds. The molecule has 0 aromatic heterocycles. The van der Waals surface area contributed by atoms with Gasteiger partial charge in [0.25, 0.3) is 0 Å². The van der Waals surface area contributed by atoms with E-state index in [-0.39, 0.29) is 11.1 Å². The van der Waals surface area contributed by atoms with Crippen molar-refractivity contribution in [2.24, 2.45) is 0 Å². The van der Waals surface area contributed by atoms with Crippen molar-refractivity contribution in [3.05, 3.63) is 118 Å². The van der Waals surface area contributed by atoms with E-state index < -0.39 is 50.5 Å². The Morgan fingerprint density at radius 1 is 0.556 bits per heavy atom. The van der Waals surface area contributed by atoms with Gasteiger partial charge in [0.1, 0.15) is 0 Å². The van der Waals surface area contributed by atoms with Crippen LogP contribution in [0.1, 0.15) is 73.6 Å². The van der Waals surface area contributed by atoms with Crippen LogP contribution in [0.15, 0.2) is 48.6 Å². The number of unbranched alkanes of at least 4 members (excludes halogenated alkanes) is 2. The van der Waals surface area contributed by atoms with Crippen molar-refractivity contribution in [3.8, 4) is 0 Å². The molecule has 0 saturated heterocycles. The summed E-state index contributed by atoms with van der Waals surface area (Å²) in [4.78, 5) is 10.8. The molecule has 2 fully saturated rings. The summed E-state index contributed by atoms with van der Waals surface area (Å²) in [6.07, 6.45) is 28.8. The summed E-state index contributed by atoms with van der Waals surface area (Å²) in [5, 5.41) is 0. The Kier molecular flexibility index (Phi) is 18.7. The summed E-state index contributed by atoms with van der Waals surface area (Å²) in [5.74, 6) is 8.71. The standard InChI is InChI=1S/C35H50N2Si2.4ClH.2Ti/c1-34(2,3)36-38(7,8)32-28(24-26-18-14-16-22-30(26)32)20-12-11-13-21-29-25-27-19-15-17-23-31(27)33(29)39(9,10)37-35(4,5)6;;;;;;/h14-19,22-25H,11-13,20-21H2,1-10H3;4*1H;;/q-2;;;;;2*+2/p-4. The summed E-state index contributed by atoms with van der Waals surface area (Å²) < 4.78 is 0. The second-order valence-electron chi connectivity index (χ2n) is 14.7. The molecule has 0 spiro atoms. The second-order valence-corrected chi connectivity index (χ2v) is 27.5. The van der Waals surface area contributed by atoms with Crippen LogP contribution in [-0.2, 0) is 34.1 Å². The molecule has 4 aliphatic rings. The van der Waals surface area contributed by atoms with E-state index in [1.807, 2.05) is 0 Å². The summed E-state index contributed by atoms with van der Waals surface area (Å²) in [6.45, 7) is 23.2. The fourth-order valence-corrected chi connectivity index (χ4v) is 14.3. The summed E-state index contributed by atoms with van der Waals surface area (Å²) in [7, 11) is 15.7. The molecule has 4 aliphatic carbocycles. The average Bonchev–Trinajstić information content (AvgIpc) is 3.45. The van der Waals surface area contributed by atoms with Crippen LogP contribution in [0.4, 0.5) is 0 Å². The Morgan fingerprint density at radius 2 is 0.867 bits per heavy atom. The molecule has 2 nitrogen and oxygen atoms in total. The Labute approximate surface area is 313 Å². The van der Waals surface area contributed by atoms with Crippen LogP contribution in [0.25, 0.3) is 9.96 Å². The van der Waals surface area contributed by atoms with Gasteiger partial charge in [-0.25, -0.2) is 0 Å². The maximum atomic E-state index is 5.39. The summed E-state index contributed by atoms with van der Waals surface area (Å²) in [5.41, 5.74) is 3.11. The molecule has 0 aromatic carbocycles. The van der Waals surface area contributed by atoms with E-state index in [1.54, 1.807) is 11.1 Å². The van der Waals surface area contributed by atoms with Crippen molar-refractivity contribution in [2.45, 2.75) is 111 Å². The van der Waals surface area contributed by atoms with Gasteiger partial charge in [-0.15, -0.1) is 11.1 Å². The fraction of sp³-hybridized carbons (Fsp3) is 0.486. The van der Waals surface area contributed by atoms with Gasteiger partial charge in [0, 0.05) is 23.7 Å². The van der Waals surface area contributed by atoms with Crippen LogP contribution in [0.3, 0.4) is 0 Å². The van der Waals surface area contributed by atoms with Crippen molar-refractivity contribution >= 4 is 53.7 Å². The minimum absolute atomic E-state index is 0.0114. The number of nitrogens with zero attached hydrogens (tertiary/aromatic N) is 2. The van der Waals surface area contributed by atoms with Gasteiger partial charge in [0.05, 0.1) is 0 Å². The molecule has 2 saturated carbocycles.